The molecule has 0 aromatic carbocycles. The molecular formula is C69H121NO10. The van der Waals surface area contributed by atoms with Gasteiger partial charge in [0, 0.05) is 12.8 Å². The Bertz CT molecular complexity index is 1600. The molecule has 1 rings (SSSR count). The Kier molecular flexibility index (Phi) is 53.9. The number of hydrogen-bond donors (Lipinski definition) is 6. The predicted octanol–water partition coefficient (Wildman–Crippen LogP) is 16.1. The molecule has 80 heavy (non-hydrogen) atoms. The second kappa shape index (κ2) is 57.6. The maximum atomic E-state index is 13.0. The van der Waals surface area contributed by atoms with Crippen LogP contribution in [0.25, 0.3) is 0 Å². The lowest BCUT2D eigenvalue weighted by Gasteiger charge is -2.40. The smallest absolute Gasteiger partial charge is 0.305 e. The lowest BCUT2D eigenvalue weighted by Crippen LogP contribution is -2.60. The summed E-state index contributed by atoms with van der Waals surface area (Å²) < 4.78 is 16.7. The van der Waals surface area contributed by atoms with E-state index in [4.69, 9.17) is 14.2 Å². The van der Waals surface area contributed by atoms with Gasteiger partial charge in [0.2, 0.25) is 5.91 Å². The van der Waals surface area contributed by atoms with Gasteiger partial charge in [-0.05, 0) is 116 Å². The van der Waals surface area contributed by atoms with Crippen molar-refractivity contribution < 1.29 is 49.3 Å². The number of aliphatic hydroxyl groups is 5. The molecule has 7 unspecified atom stereocenters. The lowest BCUT2D eigenvalue weighted by atomic mass is 9.99. The molecule has 1 aliphatic rings. The molecule has 6 N–H and O–H groups in total. The minimum atomic E-state index is -1.58. The molecule has 0 radical (unpaired) electrons. The van der Waals surface area contributed by atoms with Gasteiger partial charge in [-0.15, -0.1) is 0 Å². The summed E-state index contributed by atoms with van der Waals surface area (Å²) in [5.41, 5.74) is 0. The van der Waals surface area contributed by atoms with Gasteiger partial charge in [0.25, 0.3) is 0 Å². The zero-order valence-corrected chi connectivity index (χ0v) is 51.0. The van der Waals surface area contributed by atoms with Crippen LogP contribution in [0.2, 0.25) is 0 Å². The molecule has 0 bridgehead atoms. The average Bonchev–Trinajstić information content (AvgIpc) is 3.47. The van der Waals surface area contributed by atoms with E-state index in [1.807, 2.05) is 6.08 Å². The Morgan fingerprint density at radius 1 is 0.475 bits per heavy atom. The van der Waals surface area contributed by atoms with Crippen molar-refractivity contribution in [3.05, 3.63) is 85.1 Å². The largest absolute Gasteiger partial charge is 0.466 e. The topological polar surface area (TPSA) is 175 Å². The highest BCUT2D eigenvalue weighted by Crippen LogP contribution is 2.23. The Morgan fingerprint density at radius 3 is 1.36 bits per heavy atom. The first-order valence-corrected chi connectivity index (χ1v) is 32.9. The molecular weight excluding hydrogens is 1000 g/mol. The van der Waals surface area contributed by atoms with Crippen LogP contribution in [0.3, 0.4) is 0 Å². The molecule has 462 valence electrons. The molecule has 11 nitrogen and oxygen atoms in total. The standard InChI is InChI=1S/C69H121NO10/c1-3-5-7-9-11-13-15-16-17-18-24-28-31-34-37-41-45-49-53-57-65(74)78-58-54-50-46-42-38-35-32-29-26-23-21-19-20-22-25-27-30-33-36-40-44-48-52-56-64(73)70-61(60-79-69-68(77)67(76)66(75)63(59-71)80-69)62(72)55-51-47-43-39-14-12-10-8-6-4-2/h6,8,11,13-14,16-17,19,21-22,25,39,51,55,61-63,66-69,71-72,75-77H,3-5,7,9-10,12,15,18,20,23-24,26-38,40-50,52-54,56-60H2,1-2H3,(H,70,73). The van der Waals surface area contributed by atoms with Crippen LogP contribution in [0.1, 0.15) is 277 Å². The SMILES string of the molecule is CCC=CCCC=CCCC=CC(O)C(COC1OC(CO)C(O)C(O)C1O)NC(=O)CCCCCCCCCC=CCC=CCCCCCCCCCCCOC(=O)CCCCCCCCCCCC=CCC=CCCCCC. The van der Waals surface area contributed by atoms with Crippen LogP contribution in [-0.4, -0.2) is 100 Å². The van der Waals surface area contributed by atoms with E-state index in [0.717, 1.165) is 103 Å². The molecule has 1 heterocycles. The molecule has 1 saturated heterocycles. The fraction of sp³-hybridized carbons (Fsp3) is 0.768. The van der Waals surface area contributed by atoms with Gasteiger partial charge in [0.1, 0.15) is 24.4 Å². The van der Waals surface area contributed by atoms with Crippen LogP contribution in [0.5, 0.6) is 0 Å². The highest BCUT2D eigenvalue weighted by atomic mass is 16.7. The van der Waals surface area contributed by atoms with Gasteiger partial charge in [0.15, 0.2) is 6.29 Å². The van der Waals surface area contributed by atoms with Crippen molar-refractivity contribution in [2.24, 2.45) is 0 Å². The molecule has 11 heteroatoms. The van der Waals surface area contributed by atoms with Crippen LogP contribution < -0.4 is 5.32 Å². The van der Waals surface area contributed by atoms with E-state index in [9.17, 15) is 35.1 Å². The fourth-order valence-electron chi connectivity index (χ4n) is 9.77. The summed E-state index contributed by atoms with van der Waals surface area (Å²) >= 11 is 0. The number of aliphatic hydroxyl groups excluding tert-OH is 5. The van der Waals surface area contributed by atoms with Crippen LogP contribution in [0, 0.1) is 0 Å². The van der Waals surface area contributed by atoms with E-state index in [-0.39, 0.29) is 18.5 Å². The van der Waals surface area contributed by atoms with Gasteiger partial charge in [-0.3, -0.25) is 9.59 Å². The quantitative estimate of drug-likeness (QED) is 0.0195. The van der Waals surface area contributed by atoms with Crippen LogP contribution >= 0.6 is 0 Å². The van der Waals surface area contributed by atoms with Crippen molar-refractivity contribution in [3.63, 3.8) is 0 Å². The van der Waals surface area contributed by atoms with Crippen molar-refractivity contribution in [2.45, 2.75) is 320 Å². The number of amides is 1. The number of nitrogens with one attached hydrogen (secondary N) is 1. The second-order valence-corrected chi connectivity index (χ2v) is 22.4. The van der Waals surface area contributed by atoms with Crippen LogP contribution in [0.4, 0.5) is 0 Å². The highest BCUT2D eigenvalue weighted by Gasteiger charge is 2.44. The van der Waals surface area contributed by atoms with Crippen molar-refractivity contribution in [1.29, 1.82) is 0 Å². The van der Waals surface area contributed by atoms with Gasteiger partial charge in [-0.2, -0.15) is 0 Å². The van der Waals surface area contributed by atoms with E-state index in [0.29, 0.717) is 25.9 Å². The number of hydrogen-bond acceptors (Lipinski definition) is 10. The minimum Gasteiger partial charge on any atom is -0.466 e. The van der Waals surface area contributed by atoms with Gasteiger partial charge in [-0.1, -0.05) is 234 Å². The van der Waals surface area contributed by atoms with Gasteiger partial charge >= 0.3 is 5.97 Å². The van der Waals surface area contributed by atoms with E-state index >= 15 is 0 Å². The van der Waals surface area contributed by atoms with Crippen LogP contribution in [0.15, 0.2) is 85.1 Å². The van der Waals surface area contributed by atoms with E-state index < -0.39 is 49.5 Å². The van der Waals surface area contributed by atoms with E-state index in [1.54, 1.807) is 6.08 Å². The monoisotopic (exact) mass is 1120 g/mol. The molecule has 1 fully saturated rings. The highest BCUT2D eigenvalue weighted by molar-refractivity contribution is 5.76. The number of ether oxygens (including phenoxy) is 3. The molecule has 0 aliphatic carbocycles. The Hall–Kier alpha value is -3.16. The third-order valence-electron chi connectivity index (χ3n) is 14.9. The number of carbonyl (C=O) groups is 2. The summed E-state index contributed by atoms with van der Waals surface area (Å²) in [7, 11) is 0. The number of allylic oxidation sites excluding steroid dienone is 13. The third kappa shape index (κ3) is 46.3. The van der Waals surface area contributed by atoms with E-state index in [1.165, 1.54) is 141 Å². The first kappa shape index (κ1) is 74.9. The van der Waals surface area contributed by atoms with Crippen LogP contribution in [-0.2, 0) is 23.8 Å². The summed E-state index contributed by atoms with van der Waals surface area (Å²) in [6, 6.07) is -0.843. The number of carbonyl (C=O) groups excluding carboxylic acids is 2. The maximum absolute atomic E-state index is 13.0. The molecule has 0 spiro atoms. The second-order valence-electron chi connectivity index (χ2n) is 22.4. The molecule has 0 aromatic rings. The van der Waals surface area contributed by atoms with Gasteiger partial charge in [-0.25, -0.2) is 0 Å². The molecule has 7 atom stereocenters. The fourth-order valence-corrected chi connectivity index (χ4v) is 9.77. The lowest BCUT2D eigenvalue weighted by molar-refractivity contribution is -0.302. The van der Waals surface area contributed by atoms with E-state index in [2.05, 4.69) is 92.1 Å². The van der Waals surface area contributed by atoms with Crippen molar-refractivity contribution in [3.8, 4) is 0 Å². The van der Waals surface area contributed by atoms with Crippen molar-refractivity contribution in [1.82, 2.24) is 5.32 Å². The zero-order valence-electron chi connectivity index (χ0n) is 51.0. The summed E-state index contributed by atoms with van der Waals surface area (Å²) in [5, 5.41) is 54.2. The molecule has 1 aliphatic heterocycles. The first-order chi connectivity index (χ1) is 39.2. The number of esters is 1. The third-order valence-corrected chi connectivity index (χ3v) is 14.9. The summed E-state index contributed by atoms with van der Waals surface area (Å²) in [6.07, 6.45) is 68.5. The number of rotatable bonds is 56. The Morgan fingerprint density at radius 2 is 0.887 bits per heavy atom. The molecule has 1 amide bonds. The Balaban J connectivity index is 2.00. The summed E-state index contributed by atoms with van der Waals surface area (Å²) in [5.74, 6) is -0.221. The normalized spacial score (nSPS) is 18.9. The minimum absolute atomic E-state index is 0.0103. The van der Waals surface area contributed by atoms with Gasteiger partial charge in [0.05, 0.1) is 32.0 Å². The summed E-state index contributed by atoms with van der Waals surface area (Å²) in [4.78, 5) is 25.1. The predicted molar refractivity (Wildman–Crippen MR) is 333 cm³/mol. The van der Waals surface area contributed by atoms with Crippen molar-refractivity contribution in [2.75, 3.05) is 19.8 Å². The number of unbranched alkanes of at least 4 members (excludes halogenated alkanes) is 30. The first-order valence-electron chi connectivity index (χ1n) is 32.9. The molecule has 0 saturated carbocycles. The average molecular weight is 1120 g/mol. The molecule has 0 aromatic heterocycles. The van der Waals surface area contributed by atoms with Gasteiger partial charge < -0.3 is 45.1 Å². The Labute approximate surface area is 489 Å². The van der Waals surface area contributed by atoms with Crippen molar-refractivity contribution >= 4 is 11.9 Å². The summed E-state index contributed by atoms with van der Waals surface area (Å²) in [6.45, 7) is 4.16. The maximum Gasteiger partial charge on any atom is 0.305 e. The zero-order chi connectivity index (χ0) is 58.0.